The van der Waals surface area contributed by atoms with Gasteiger partial charge in [0.25, 0.3) is 0 Å². The summed E-state index contributed by atoms with van der Waals surface area (Å²) in [7, 11) is 4.14. The van der Waals surface area contributed by atoms with Gasteiger partial charge in [0.1, 0.15) is 0 Å². The molecule has 0 bridgehead atoms. The molecule has 0 aromatic heterocycles. The Kier molecular flexibility index (Phi) is 6.86. The Morgan fingerprint density at radius 2 is 1.61 bits per heavy atom. The van der Waals surface area contributed by atoms with Crippen molar-refractivity contribution < 1.29 is 9.53 Å². The second-order valence-electron chi connectivity index (χ2n) is 6.97. The molecular formula is C14H30N2O2. The zero-order valence-electron chi connectivity index (χ0n) is 13.1. The standard InChI is InChI=1S/C14H30N2O2/c1-12(17)15-8-13(2,3)10-18-11-14(4,5)9-16(6)7/h8-11H2,1-7H3,(H,15,17). The van der Waals surface area contributed by atoms with Gasteiger partial charge in [-0.2, -0.15) is 0 Å². The predicted octanol–water partition coefficient (Wildman–Crippen LogP) is 1.75. The van der Waals surface area contributed by atoms with Gasteiger partial charge in [-0.1, -0.05) is 27.7 Å². The van der Waals surface area contributed by atoms with Crippen molar-refractivity contribution >= 4 is 5.91 Å². The molecule has 0 aromatic carbocycles. The zero-order chi connectivity index (χ0) is 14.4. The first kappa shape index (κ1) is 17.4. The van der Waals surface area contributed by atoms with Crippen LogP contribution in [-0.2, 0) is 9.53 Å². The number of rotatable bonds is 8. The molecule has 0 spiro atoms. The normalized spacial score (nSPS) is 12.9. The highest BCUT2D eigenvalue weighted by molar-refractivity contribution is 5.72. The molecule has 0 fully saturated rings. The van der Waals surface area contributed by atoms with E-state index in [0.29, 0.717) is 13.2 Å². The maximum Gasteiger partial charge on any atom is 0.216 e. The molecule has 1 N–H and O–H groups in total. The Morgan fingerprint density at radius 1 is 1.11 bits per heavy atom. The molecule has 4 heteroatoms. The minimum Gasteiger partial charge on any atom is -0.380 e. The van der Waals surface area contributed by atoms with Crippen molar-refractivity contribution in [2.24, 2.45) is 10.8 Å². The summed E-state index contributed by atoms with van der Waals surface area (Å²) in [6.45, 7) is 13.2. The molecule has 0 radical (unpaired) electrons. The van der Waals surface area contributed by atoms with Crippen LogP contribution in [0.3, 0.4) is 0 Å². The third-order valence-electron chi connectivity index (χ3n) is 2.55. The van der Waals surface area contributed by atoms with Crippen LogP contribution in [0.25, 0.3) is 0 Å². The van der Waals surface area contributed by atoms with Crippen LogP contribution >= 0.6 is 0 Å². The Hall–Kier alpha value is -0.610. The minimum absolute atomic E-state index is 0.0102. The first-order valence-corrected chi connectivity index (χ1v) is 6.51. The monoisotopic (exact) mass is 258 g/mol. The first-order chi connectivity index (χ1) is 8.04. The lowest BCUT2D eigenvalue weighted by Gasteiger charge is -2.31. The van der Waals surface area contributed by atoms with Crippen LogP contribution in [0.15, 0.2) is 0 Å². The van der Waals surface area contributed by atoms with Crippen LogP contribution < -0.4 is 5.32 Å². The summed E-state index contributed by atoms with van der Waals surface area (Å²) in [6.07, 6.45) is 0. The largest absolute Gasteiger partial charge is 0.380 e. The molecular weight excluding hydrogens is 228 g/mol. The summed E-state index contributed by atoms with van der Waals surface area (Å²) >= 11 is 0. The summed E-state index contributed by atoms with van der Waals surface area (Å²) in [5, 5.41) is 2.84. The van der Waals surface area contributed by atoms with E-state index in [2.05, 4.69) is 52.0 Å². The SMILES string of the molecule is CC(=O)NCC(C)(C)COCC(C)(C)CN(C)C. The average Bonchev–Trinajstić information content (AvgIpc) is 2.12. The first-order valence-electron chi connectivity index (χ1n) is 6.51. The fraction of sp³-hybridized carbons (Fsp3) is 0.929. The Bertz CT molecular complexity index is 261. The van der Waals surface area contributed by atoms with Crippen LogP contribution in [0.5, 0.6) is 0 Å². The lowest BCUT2D eigenvalue weighted by atomic mass is 9.93. The van der Waals surface area contributed by atoms with Gasteiger partial charge in [-0.05, 0) is 14.1 Å². The molecule has 0 atom stereocenters. The molecule has 0 aliphatic heterocycles. The van der Waals surface area contributed by atoms with Crippen molar-refractivity contribution in [1.29, 1.82) is 0 Å². The summed E-state index contributed by atoms with van der Waals surface area (Å²) in [5.74, 6) is 0.0102. The zero-order valence-corrected chi connectivity index (χ0v) is 13.1. The van der Waals surface area contributed by atoms with E-state index < -0.39 is 0 Å². The third-order valence-corrected chi connectivity index (χ3v) is 2.55. The highest BCUT2D eigenvalue weighted by Gasteiger charge is 2.23. The van der Waals surface area contributed by atoms with Gasteiger partial charge in [-0.3, -0.25) is 4.79 Å². The van der Waals surface area contributed by atoms with Gasteiger partial charge >= 0.3 is 0 Å². The molecule has 0 saturated heterocycles. The van der Waals surface area contributed by atoms with Gasteiger partial charge in [-0.25, -0.2) is 0 Å². The number of carbonyl (C=O) groups is 1. The van der Waals surface area contributed by atoms with Crippen molar-refractivity contribution in [3.63, 3.8) is 0 Å². The van der Waals surface area contributed by atoms with Gasteiger partial charge in [0, 0.05) is 30.8 Å². The lowest BCUT2D eigenvalue weighted by molar-refractivity contribution is -0.119. The van der Waals surface area contributed by atoms with E-state index in [0.717, 1.165) is 13.2 Å². The Balaban J connectivity index is 3.97. The molecule has 0 aliphatic rings. The molecule has 1 amide bonds. The highest BCUT2D eigenvalue weighted by atomic mass is 16.5. The molecule has 0 saturated carbocycles. The highest BCUT2D eigenvalue weighted by Crippen LogP contribution is 2.19. The quantitative estimate of drug-likeness (QED) is 0.721. The predicted molar refractivity (Wildman–Crippen MR) is 75.6 cm³/mol. The van der Waals surface area contributed by atoms with E-state index in [1.807, 2.05) is 0 Å². The number of nitrogens with zero attached hydrogens (tertiary/aromatic N) is 1. The van der Waals surface area contributed by atoms with Gasteiger partial charge in [0.15, 0.2) is 0 Å². The molecule has 0 unspecified atom stereocenters. The van der Waals surface area contributed by atoms with Crippen LogP contribution in [0.4, 0.5) is 0 Å². The van der Waals surface area contributed by atoms with Crippen molar-refractivity contribution in [3.05, 3.63) is 0 Å². The van der Waals surface area contributed by atoms with E-state index in [1.54, 1.807) is 0 Å². The topological polar surface area (TPSA) is 41.6 Å². The van der Waals surface area contributed by atoms with Crippen LogP contribution in [0, 0.1) is 10.8 Å². The third kappa shape index (κ3) is 9.42. The van der Waals surface area contributed by atoms with Gasteiger partial charge in [0.2, 0.25) is 5.91 Å². The second kappa shape index (κ2) is 7.10. The summed E-state index contributed by atoms with van der Waals surface area (Å²) < 4.78 is 5.82. The van der Waals surface area contributed by atoms with Gasteiger partial charge in [-0.15, -0.1) is 0 Å². The summed E-state index contributed by atoms with van der Waals surface area (Å²) in [6, 6.07) is 0. The lowest BCUT2D eigenvalue weighted by Crippen LogP contribution is -2.38. The van der Waals surface area contributed by atoms with Gasteiger partial charge < -0.3 is 15.0 Å². The van der Waals surface area contributed by atoms with E-state index >= 15 is 0 Å². The van der Waals surface area contributed by atoms with Crippen molar-refractivity contribution in [2.45, 2.75) is 34.6 Å². The number of carbonyl (C=O) groups excluding carboxylic acids is 1. The number of hydrogen-bond acceptors (Lipinski definition) is 3. The molecule has 4 nitrogen and oxygen atoms in total. The Labute approximate surface area is 112 Å². The van der Waals surface area contributed by atoms with E-state index in [4.69, 9.17) is 4.74 Å². The number of amides is 1. The Morgan fingerprint density at radius 3 is 2.06 bits per heavy atom. The molecule has 0 heterocycles. The van der Waals surface area contributed by atoms with Crippen LogP contribution in [-0.4, -0.2) is 51.2 Å². The molecule has 0 rings (SSSR count). The fourth-order valence-electron chi connectivity index (χ4n) is 1.92. The van der Waals surface area contributed by atoms with Crippen LogP contribution in [0.1, 0.15) is 34.6 Å². The van der Waals surface area contributed by atoms with E-state index in [1.165, 1.54) is 6.92 Å². The minimum atomic E-state index is -0.0279. The van der Waals surface area contributed by atoms with Crippen molar-refractivity contribution in [2.75, 3.05) is 40.4 Å². The summed E-state index contributed by atoms with van der Waals surface area (Å²) in [5.41, 5.74) is 0.119. The molecule has 108 valence electrons. The molecule has 18 heavy (non-hydrogen) atoms. The van der Waals surface area contributed by atoms with E-state index in [-0.39, 0.29) is 16.7 Å². The number of hydrogen-bond donors (Lipinski definition) is 1. The molecule has 0 aliphatic carbocycles. The van der Waals surface area contributed by atoms with Gasteiger partial charge in [0.05, 0.1) is 13.2 Å². The van der Waals surface area contributed by atoms with Crippen LogP contribution in [0.2, 0.25) is 0 Å². The van der Waals surface area contributed by atoms with E-state index in [9.17, 15) is 4.79 Å². The number of ether oxygens (including phenoxy) is 1. The van der Waals surface area contributed by atoms with Crippen molar-refractivity contribution in [1.82, 2.24) is 10.2 Å². The average molecular weight is 258 g/mol. The molecule has 0 aromatic rings. The maximum absolute atomic E-state index is 10.9. The number of nitrogens with one attached hydrogen (secondary N) is 1. The maximum atomic E-state index is 10.9. The summed E-state index contributed by atoms with van der Waals surface area (Å²) in [4.78, 5) is 13.1. The smallest absolute Gasteiger partial charge is 0.216 e. The second-order valence-corrected chi connectivity index (χ2v) is 6.97. The van der Waals surface area contributed by atoms with Crippen molar-refractivity contribution in [3.8, 4) is 0 Å². The fourth-order valence-corrected chi connectivity index (χ4v) is 1.92.